The Balaban J connectivity index is 2.35. The molecule has 10 heteroatoms. The van der Waals surface area contributed by atoms with Crippen molar-refractivity contribution in [3.63, 3.8) is 0 Å². The van der Waals surface area contributed by atoms with Gasteiger partial charge in [0, 0.05) is 23.4 Å². The standard InChI is InChI=1S/C23H31ClN2O6S/c1-5-18(27)15-26(33(31,32)13-11-16-6-8-17(24)9-7-16)19-10-12-25(21(19)28)20(22(29)30)14-23(2,3)4/h6-9,11,13,19-20H,5,10,12,14-15H2,1-4H3,(H,29,30)/t19-,20-/m0/s1. The van der Waals surface area contributed by atoms with Crippen LogP contribution in [0.15, 0.2) is 29.7 Å². The normalized spacial score (nSPS) is 18.3. The number of halogens is 1. The van der Waals surface area contributed by atoms with Crippen LogP contribution in [0.3, 0.4) is 0 Å². The van der Waals surface area contributed by atoms with Gasteiger partial charge in [-0.15, -0.1) is 0 Å². The second kappa shape index (κ2) is 10.8. The summed E-state index contributed by atoms with van der Waals surface area (Å²) < 4.78 is 27.2. The van der Waals surface area contributed by atoms with E-state index in [0.29, 0.717) is 10.6 Å². The van der Waals surface area contributed by atoms with Crippen molar-refractivity contribution in [2.24, 2.45) is 5.41 Å². The van der Waals surface area contributed by atoms with Crippen LogP contribution in [0.5, 0.6) is 0 Å². The highest BCUT2D eigenvalue weighted by Gasteiger charge is 2.45. The molecule has 0 bridgehead atoms. The summed E-state index contributed by atoms with van der Waals surface area (Å²) in [6, 6.07) is 4.31. The second-order valence-corrected chi connectivity index (χ2v) is 11.5. The molecule has 0 radical (unpaired) electrons. The van der Waals surface area contributed by atoms with Crippen molar-refractivity contribution >= 4 is 45.4 Å². The largest absolute Gasteiger partial charge is 0.480 e. The fraction of sp³-hybridized carbons (Fsp3) is 0.522. The molecule has 1 aliphatic heterocycles. The minimum absolute atomic E-state index is 0.101. The van der Waals surface area contributed by atoms with E-state index < -0.39 is 40.5 Å². The van der Waals surface area contributed by atoms with Gasteiger partial charge in [0.1, 0.15) is 17.9 Å². The topological polar surface area (TPSA) is 112 Å². The maximum Gasteiger partial charge on any atom is 0.326 e. The van der Waals surface area contributed by atoms with Crippen LogP contribution in [0.2, 0.25) is 5.02 Å². The number of hydrogen-bond acceptors (Lipinski definition) is 5. The summed E-state index contributed by atoms with van der Waals surface area (Å²) in [5.74, 6) is -2.08. The molecule has 1 aliphatic rings. The molecule has 1 aromatic carbocycles. The number of sulfonamides is 1. The smallest absolute Gasteiger partial charge is 0.326 e. The number of carbonyl (C=O) groups excluding carboxylic acids is 2. The maximum absolute atomic E-state index is 13.2. The number of Topliss-reactive ketones (excluding diaryl/α,β-unsaturated/α-hetero) is 1. The van der Waals surface area contributed by atoms with E-state index in [1.54, 1.807) is 31.2 Å². The maximum atomic E-state index is 13.2. The average Bonchev–Trinajstić information content (AvgIpc) is 3.09. The van der Waals surface area contributed by atoms with E-state index in [0.717, 1.165) is 9.71 Å². The fourth-order valence-electron chi connectivity index (χ4n) is 3.65. The Labute approximate surface area is 200 Å². The first-order valence-corrected chi connectivity index (χ1v) is 12.6. The molecule has 0 aliphatic carbocycles. The van der Waals surface area contributed by atoms with Crippen molar-refractivity contribution in [3.8, 4) is 0 Å². The van der Waals surface area contributed by atoms with Gasteiger partial charge in [-0.1, -0.05) is 51.4 Å². The molecule has 0 saturated carbocycles. The van der Waals surface area contributed by atoms with E-state index in [2.05, 4.69) is 0 Å². The number of aliphatic carboxylic acids is 1. The first-order chi connectivity index (χ1) is 15.2. The molecule has 0 aromatic heterocycles. The molecule has 8 nitrogen and oxygen atoms in total. The first kappa shape index (κ1) is 27.0. The van der Waals surface area contributed by atoms with Crippen molar-refractivity contribution in [2.45, 2.75) is 59.0 Å². The minimum Gasteiger partial charge on any atom is -0.480 e. The first-order valence-electron chi connectivity index (χ1n) is 10.8. The van der Waals surface area contributed by atoms with E-state index in [1.165, 1.54) is 11.0 Å². The number of benzene rings is 1. The summed E-state index contributed by atoms with van der Waals surface area (Å²) in [5, 5.41) is 11.2. The Hall–Kier alpha value is -2.23. The van der Waals surface area contributed by atoms with Crippen molar-refractivity contribution in [1.82, 2.24) is 9.21 Å². The number of hydrogen-bond donors (Lipinski definition) is 1. The van der Waals surface area contributed by atoms with Gasteiger partial charge in [0.2, 0.25) is 15.9 Å². The zero-order valence-corrected chi connectivity index (χ0v) is 20.9. The fourth-order valence-corrected chi connectivity index (χ4v) is 5.14. The molecular weight excluding hydrogens is 468 g/mol. The Morgan fingerprint density at radius 1 is 1.27 bits per heavy atom. The number of rotatable bonds is 10. The summed E-state index contributed by atoms with van der Waals surface area (Å²) in [7, 11) is -4.15. The molecule has 1 heterocycles. The Morgan fingerprint density at radius 2 is 1.88 bits per heavy atom. The van der Waals surface area contributed by atoms with Crippen molar-refractivity contribution in [3.05, 3.63) is 40.3 Å². The average molecular weight is 499 g/mol. The van der Waals surface area contributed by atoms with Gasteiger partial charge in [-0.25, -0.2) is 13.2 Å². The third-order valence-corrected chi connectivity index (χ3v) is 7.15. The molecule has 1 aromatic rings. The predicted octanol–water partition coefficient (Wildman–Crippen LogP) is 3.41. The van der Waals surface area contributed by atoms with E-state index in [-0.39, 0.29) is 37.0 Å². The van der Waals surface area contributed by atoms with Gasteiger partial charge in [0.15, 0.2) is 0 Å². The SMILES string of the molecule is CCC(=O)CN([C@H]1CCN([C@@H](CC(C)(C)C)C(=O)O)C1=O)S(=O)(=O)C=Cc1ccc(Cl)cc1. The van der Waals surface area contributed by atoms with E-state index in [9.17, 15) is 27.9 Å². The molecule has 1 amide bonds. The number of ketones is 1. The number of amides is 1. The van der Waals surface area contributed by atoms with Crippen LogP contribution < -0.4 is 0 Å². The summed E-state index contributed by atoms with van der Waals surface area (Å²) in [6.07, 6.45) is 1.81. The second-order valence-electron chi connectivity index (χ2n) is 9.29. The number of carboxylic acid groups (broad SMARTS) is 1. The Morgan fingerprint density at radius 3 is 2.39 bits per heavy atom. The minimum atomic E-state index is -4.15. The van der Waals surface area contributed by atoms with Crippen LogP contribution >= 0.6 is 11.6 Å². The van der Waals surface area contributed by atoms with Crippen LogP contribution in [-0.2, 0) is 24.4 Å². The van der Waals surface area contributed by atoms with Gasteiger partial charge in [0.25, 0.3) is 0 Å². The monoisotopic (exact) mass is 498 g/mol. The highest BCUT2D eigenvalue weighted by atomic mass is 35.5. The Kier molecular flexibility index (Phi) is 8.84. The van der Waals surface area contributed by atoms with E-state index in [1.807, 2.05) is 20.8 Å². The quantitative estimate of drug-likeness (QED) is 0.529. The number of likely N-dealkylation sites (tertiary alicyclic amines) is 1. The lowest BCUT2D eigenvalue weighted by Crippen LogP contribution is -2.50. The molecule has 1 fully saturated rings. The molecule has 2 atom stereocenters. The van der Waals surface area contributed by atoms with Crippen molar-refractivity contribution in [2.75, 3.05) is 13.1 Å². The molecule has 1 saturated heterocycles. The van der Waals surface area contributed by atoms with Crippen LogP contribution in [0.4, 0.5) is 0 Å². The molecule has 33 heavy (non-hydrogen) atoms. The third-order valence-electron chi connectivity index (χ3n) is 5.38. The van der Waals surface area contributed by atoms with Crippen LogP contribution in [0.1, 0.15) is 52.5 Å². The lowest BCUT2D eigenvalue weighted by atomic mass is 9.87. The van der Waals surface area contributed by atoms with Crippen LogP contribution in [-0.4, -0.2) is 65.6 Å². The van der Waals surface area contributed by atoms with Gasteiger partial charge in [-0.2, -0.15) is 4.31 Å². The van der Waals surface area contributed by atoms with Gasteiger partial charge in [0.05, 0.1) is 6.54 Å². The lowest BCUT2D eigenvalue weighted by Gasteiger charge is -2.31. The van der Waals surface area contributed by atoms with Gasteiger partial charge >= 0.3 is 5.97 Å². The molecule has 2 rings (SSSR count). The molecule has 1 N–H and O–H groups in total. The third kappa shape index (κ3) is 7.38. The van der Waals surface area contributed by atoms with E-state index in [4.69, 9.17) is 11.6 Å². The zero-order chi connectivity index (χ0) is 25.0. The Bertz CT molecular complexity index is 1010. The number of nitrogens with zero attached hydrogens (tertiary/aromatic N) is 2. The summed E-state index contributed by atoms with van der Waals surface area (Å²) in [4.78, 5) is 38.5. The summed E-state index contributed by atoms with van der Waals surface area (Å²) >= 11 is 5.86. The summed E-state index contributed by atoms with van der Waals surface area (Å²) in [6.45, 7) is 6.88. The summed E-state index contributed by atoms with van der Waals surface area (Å²) in [5.41, 5.74) is 0.229. The van der Waals surface area contributed by atoms with Crippen LogP contribution in [0.25, 0.3) is 6.08 Å². The van der Waals surface area contributed by atoms with Crippen LogP contribution in [0, 0.1) is 5.41 Å². The number of carbonyl (C=O) groups is 3. The van der Waals surface area contributed by atoms with Crippen molar-refractivity contribution < 1.29 is 27.9 Å². The predicted molar refractivity (Wildman–Crippen MR) is 127 cm³/mol. The molecule has 0 unspecified atom stereocenters. The number of carboxylic acids is 1. The zero-order valence-electron chi connectivity index (χ0n) is 19.3. The highest BCUT2D eigenvalue weighted by molar-refractivity contribution is 7.92. The highest BCUT2D eigenvalue weighted by Crippen LogP contribution is 2.29. The molecule has 0 spiro atoms. The van der Waals surface area contributed by atoms with Gasteiger partial charge in [-0.05, 0) is 42.0 Å². The van der Waals surface area contributed by atoms with Gasteiger partial charge < -0.3 is 10.0 Å². The van der Waals surface area contributed by atoms with E-state index >= 15 is 0 Å². The van der Waals surface area contributed by atoms with Crippen molar-refractivity contribution in [1.29, 1.82) is 0 Å². The molecule has 182 valence electrons. The van der Waals surface area contributed by atoms with Gasteiger partial charge in [-0.3, -0.25) is 9.59 Å². The lowest BCUT2D eigenvalue weighted by molar-refractivity contribution is -0.150. The molecular formula is C23H31ClN2O6S.